The zero-order valence-corrected chi connectivity index (χ0v) is 15.3. The zero-order chi connectivity index (χ0) is 19.6. The Labute approximate surface area is 155 Å². The largest absolute Gasteiger partial charge is 0.480 e. The van der Waals surface area contributed by atoms with Crippen LogP contribution in [0.5, 0.6) is 0 Å². The van der Waals surface area contributed by atoms with Gasteiger partial charge in [-0.3, -0.25) is 14.1 Å². The van der Waals surface area contributed by atoms with Crippen molar-refractivity contribution < 1.29 is 18.3 Å². The van der Waals surface area contributed by atoms with Gasteiger partial charge in [-0.2, -0.15) is 0 Å². The Morgan fingerprint density at radius 1 is 1.11 bits per heavy atom. The van der Waals surface area contributed by atoms with Gasteiger partial charge in [0.2, 0.25) is 10.0 Å². The number of aromatic nitrogens is 1. The molecule has 0 saturated heterocycles. The van der Waals surface area contributed by atoms with Gasteiger partial charge in [-0.25, -0.2) is 13.2 Å². The van der Waals surface area contributed by atoms with Crippen molar-refractivity contribution in [2.24, 2.45) is 0 Å². The third-order valence-electron chi connectivity index (χ3n) is 4.15. The Morgan fingerprint density at radius 3 is 2.41 bits per heavy atom. The number of benzene rings is 2. The van der Waals surface area contributed by atoms with Gasteiger partial charge in [0.1, 0.15) is 11.7 Å². The van der Waals surface area contributed by atoms with E-state index in [4.69, 9.17) is 0 Å². The molecule has 7 nitrogen and oxygen atoms in total. The third kappa shape index (κ3) is 4.01. The number of sulfonamides is 1. The Kier molecular flexibility index (Phi) is 5.00. The fourth-order valence-corrected chi connectivity index (χ4v) is 4.04. The maximum absolute atomic E-state index is 12.8. The summed E-state index contributed by atoms with van der Waals surface area (Å²) in [6.45, 7) is 1.37. The second-order valence-corrected chi connectivity index (χ2v) is 7.88. The highest BCUT2D eigenvalue weighted by atomic mass is 32.2. The topological polar surface area (TPSA) is 105 Å². The Hall–Kier alpha value is -3.13. The van der Waals surface area contributed by atoms with Crippen molar-refractivity contribution in [3.63, 3.8) is 0 Å². The lowest BCUT2D eigenvalue weighted by atomic mass is 10.1. The van der Waals surface area contributed by atoms with Gasteiger partial charge in [-0.15, -0.1) is 0 Å². The Balaban J connectivity index is 2.08. The van der Waals surface area contributed by atoms with Gasteiger partial charge < -0.3 is 5.11 Å². The molecule has 1 aromatic heterocycles. The van der Waals surface area contributed by atoms with Crippen LogP contribution in [0.1, 0.15) is 18.5 Å². The monoisotopic (exact) mass is 386 g/mol. The highest BCUT2D eigenvalue weighted by Gasteiger charge is 2.21. The van der Waals surface area contributed by atoms with Crippen LogP contribution in [0.3, 0.4) is 0 Å². The number of fused-ring (bicyclic) bond motifs is 1. The quantitative estimate of drug-likeness (QED) is 0.677. The van der Waals surface area contributed by atoms with Gasteiger partial charge in [0.15, 0.2) is 0 Å². The van der Waals surface area contributed by atoms with Crippen molar-refractivity contribution in [3.8, 4) is 0 Å². The maximum Gasteiger partial charge on any atom is 0.326 e. The average molecular weight is 386 g/mol. The van der Waals surface area contributed by atoms with Gasteiger partial charge >= 0.3 is 5.97 Å². The molecule has 0 amide bonds. The lowest BCUT2D eigenvalue weighted by molar-refractivity contribution is -0.140. The number of para-hydroxylation sites is 1. The average Bonchev–Trinajstić information content (AvgIpc) is 2.62. The number of aliphatic carboxylic acids is 1. The van der Waals surface area contributed by atoms with Crippen LogP contribution in [0.4, 0.5) is 5.69 Å². The molecule has 8 heteroatoms. The molecule has 0 spiro atoms. The highest BCUT2D eigenvalue weighted by molar-refractivity contribution is 7.91. The summed E-state index contributed by atoms with van der Waals surface area (Å²) < 4.78 is 28.4. The van der Waals surface area contributed by atoms with Crippen LogP contribution in [-0.2, 0) is 20.6 Å². The molecule has 0 aliphatic heterocycles. The number of carboxylic acids is 1. The van der Waals surface area contributed by atoms with Crippen molar-refractivity contribution in [2.75, 3.05) is 4.72 Å². The molecule has 3 rings (SSSR count). The molecule has 2 aromatic carbocycles. The molecular weight excluding hydrogens is 368 g/mol. The molecule has 2 N–H and O–H groups in total. The zero-order valence-electron chi connectivity index (χ0n) is 14.5. The minimum absolute atomic E-state index is 0.183. The minimum atomic E-state index is -3.85. The summed E-state index contributed by atoms with van der Waals surface area (Å²) in [6.07, 6.45) is 0. The number of hydrogen-bond acceptors (Lipinski definition) is 4. The number of nitrogens with one attached hydrogen (secondary N) is 1. The van der Waals surface area contributed by atoms with E-state index < -0.39 is 27.6 Å². The summed E-state index contributed by atoms with van der Waals surface area (Å²) >= 11 is 0. The van der Waals surface area contributed by atoms with E-state index in [1.54, 1.807) is 54.6 Å². The molecule has 1 atom stereocenters. The summed E-state index contributed by atoms with van der Waals surface area (Å²) in [5.74, 6) is -1.49. The number of pyridine rings is 1. The van der Waals surface area contributed by atoms with Crippen LogP contribution >= 0.6 is 0 Å². The smallest absolute Gasteiger partial charge is 0.326 e. The van der Waals surface area contributed by atoms with Crippen LogP contribution < -0.4 is 10.3 Å². The first-order chi connectivity index (χ1) is 12.8. The molecule has 0 fully saturated rings. The van der Waals surface area contributed by atoms with E-state index in [9.17, 15) is 23.1 Å². The number of carbonyl (C=O) groups is 1. The number of hydrogen-bond donors (Lipinski definition) is 2. The summed E-state index contributed by atoms with van der Waals surface area (Å²) in [7, 11) is -3.85. The lowest BCUT2D eigenvalue weighted by Gasteiger charge is -2.17. The van der Waals surface area contributed by atoms with Gasteiger partial charge in [-0.1, -0.05) is 48.5 Å². The van der Waals surface area contributed by atoms with Crippen LogP contribution in [0.15, 0.2) is 65.5 Å². The van der Waals surface area contributed by atoms with E-state index in [0.29, 0.717) is 16.5 Å². The van der Waals surface area contributed by atoms with E-state index in [-0.39, 0.29) is 11.4 Å². The molecule has 0 bridgehead atoms. The van der Waals surface area contributed by atoms with Crippen molar-refractivity contribution in [1.29, 1.82) is 0 Å². The summed E-state index contributed by atoms with van der Waals surface area (Å²) in [6, 6.07) is 15.6. The first-order valence-corrected chi connectivity index (χ1v) is 9.85. The molecule has 27 heavy (non-hydrogen) atoms. The van der Waals surface area contributed by atoms with Crippen LogP contribution in [-0.4, -0.2) is 24.1 Å². The van der Waals surface area contributed by atoms with E-state index in [1.165, 1.54) is 13.0 Å². The van der Waals surface area contributed by atoms with E-state index in [2.05, 4.69) is 4.72 Å². The predicted molar refractivity (Wildman–Crippen MR) is 103 cm³/mol. The molecule has 0 saturated carbocycles. The molecule has 0 aliphatic rings. The molecule has 0 aliphatic carbocycles. The molecule has 1 unspecified atom stereocenters. The molecule has 140 valence electrons. The summed E-state index contributed by atoms with van der Waals surface area (Å²) in [5, 5.41) is 9.90. The highest BCUT2D eigenvalue weighted by Crippen LogP contribution is 2.20. The minimum Gasteiger partial charge on any atom is -0.480 e. The maximum atomic E-state index is 12.8. The van der Waals surface area contributed by atoms with Crippen LogP contribution in [0.25, 0.3) is 10.9 Å². The Morgan fingerprint density at radius 2 is 1.74 bits per heavy atom. The number of carboxylic acid groups (broad SMARTS) is 1. The van der Waals surface area contributed by atoms with Crippen molar-refractivity contribution in [1.82, 2.24) is 4.57 Å². The van der Waals surface area contributed by atoms with Gasteiger partial charge in [0, 0.05) is 5.39 Å². The standard InChI is InChI=1S/C19H18N2O5S/c1-13(19(23)24)21-17-10-6-5-9-15(17)11-16(18(21)22)20-27(25,26)12-14-7-3-2-4-8-14/h2-11,13,20H,12H2,1H3,(H,23,24). The summed E-state index contributed by atoms with van der Waals surface area (Å²) in [4.78, 5) is 24.3. The molecular formula is C19H18N2O5S. The number of rotatable bonds is 6. The van der Waals surface area contributed by atoms with Crippen molar-refractivity contribution in [3.05, 3.63) is 76.6 Å². The van der Waals surface area contributed by atoms with Gasteiger partial charge in [0.25, 0.3) is 5.56 Å². The predicted octanol–water partition coefficient (Wildman–Crippen LogP) is 2.59. The SMILES string of the molecule is CC(C(=O)O)n1c(=O)c(NS(=O)(=O)Cc2ccccc2)cc2ccccc21. The third-order valence-corrected chi connectivity index (χ3v) is 5.40. The van der Waals surface area contributed by atoms with Gasteiger partial charge in [0.05, 0.1) is 11.3 Å². The molecule has 3 aromatic rings. The fourth-order valence-electron chi connectivity index (χ4n) is 2.85. The number of nitrogens with zero attached hydrogens (tertiary/aromatic N) is 1. The summed E-state index contributed by atoms with van der Waals surface area (Å²) in [5.41, 5.74) is 0.103. The molecule has 0 radical (unpaired) electrons. The van der Waals surface area contributed by atoms with Crippen molar-refractivity contribution in [2.45, 2.75) is 18.7 Å². The second kappa shape index (κ2) is 7.24. The fraction of sp³-hybridized carbons (Fsp3) is 0.158. The van der Waals surface area contributed by atoms with Crippen LogP contribution in [0.2, 0.25) is 0 Å². The van der Waals surface area contributed by atoms with Crippen LogP contribution in [0, 0.1) is 0 Å². The van der Waals surface area contributed by atoms with Crippen molar-refractivity contribution >= 4 is 32.6 Å². The van der Waals surface area contributed by atoms with E-state index >= 15 is 0 Å². The second-order valence-electron chi connectivity index (χ2n) is 6.15. The van der Waals surface area contributed by atoms with E-state index in [0.717, 1.165) is 4.57 Å². The Bertz CT molecular complexity index is 1150. The lowest BCUT2D eigenvalue weighted by Crippen LogP contribution is -2.31. The first kappa shape index (κ1) is 18.7. The number of anilines is 1. The van der Waals surface area contributed by atoms with E-state index in [1.807, 2.05) is 0 Å². The molecule has 1 heterocycles. The van der Waals surface area contributed by atoms with Gasteiger partial charge in [-0.05, 0) is 24.6 Å². The first-order valence-electron chi connectivity index (χ1n) is 8.20. The normalized spacial score (nSPS) is 12.6.